The molecule has 0 atom stereocenters. The summed E-state index contributed by atoms with van der Waals surface area (Å²) >= 11 is 0. The van der Waals surface area contributed by atoms with Crippen LogP contribution in [-0.2, 0) is 42.9 Å². The van der Waals surface area contributed by atoms with Crippen LogP contribution < -0.4 is 30.3 Å². The van der Waals surface area contributed by atoms with Crippen LogP contribution in [0.25, 0.3) is 10.9 Å². The van der Waals surface area contributed by atoms with Crippen molar-refractivity contribution in [3.05, 3.63) is 195 Å². The van der Waals surface area contributed by atoms with E-state index in [1.54, 1.807) is 45.2 Å². The maximum atomic E-state index is 14.3. The van der Waals surface area contributed by atoms with Gasteiger partial charge in [-0.1, -0.05) is 106 Å². The van der Waals surface area contributed by atoms with Gasteiger partial charge in [-0.3, -0.25) is 19.2 Å². The van der Waals surface area contributed by atoms with Crippen molar-refractivity contribution in [1.82, 2.24) is 14.2 Å². The van der Waals surface area contributed by atoms with Gasteiger partial charge in [-0.15, -0.1) is 0 Å². The number of anilines is 1. The number of carbonyl (C=O) groups excluding carboxylic acids is 3. The number of sulfonamides is 1. The van der Waals surface area contributed by atoms with Crippen molar-refractivity contribution in [3.63, 3.8) is 0 Å². The summed E-state index contributed by atoms with van der Waals surface area (Å²) in [5.74, 6) is 0.128. The monoisotopic (exact) mass is 1080 g/mol. The standard InChI is InChI=1S/C62H68N4O11S/c1-61(2,3)52-37-55(56(76-42-44-17-11-8-12-18-44)38-53(52)64-60(70)51-41-65(40-43-15-9-7-10-16-43)54-20-14-13-19-50(54)58(51)68)75-36-34-73-33-35-74-48-25-21-45(22-26-48)46-29-31-66(32-30-46)78(71,72)49-27-23-47(24-28-49)59(69)63-39-57(67)77-62(4,5)6/h7-28,37-38,41,46H,29-36,39-40,42H2,1-6H3,(H,63,69)(H,64,70). The molecule has 0 spiro atoms. The molecule has 1 aromatic heterocycles. The summed E-state index contributed by atoms with van der Waals surface area (Å²) in [4.78, 5) is 52.9. The molecular weight excluding hydrogens is 1010 g/mol. The third-order valence-electron chi connectivity index (χ3n) is 13.2. The van der Waals surface area contributed by atoms with Crippen molar-refractivity contribution in [2.45, 2.75) is 89.4 Å². The Morgan fingerprint density at radius 1 is 0.667 bits per heavy atom. The Morgan fingerprint density at radius 2 is 1.28 bits per heavy atom. The molecule has 1 saturated heterocycles. The lowest BCUT2D eigenvalue weighted by atomic mass is 9.85. The number of aromatic nitrogens is 1. The average molecular weight is 1080 g/mol. The number of esters is 1. The minimum absolute atomic E-state index is 0.0200. The molecule has 408 valence electrons. The van der Waals surface area contributed by atoms with E-state index in [9.17, 15) is 27.6 Å². The fraction of sp³-hybridized carbons (Fsp3) is 0.323. The molecule has 7 aromatic rings. The van der Waals surface area contributed by atoms with Crippen LogP contribution >= 0.6 is 0 Å². The first-order valence-electron chi connectivity index (χ1n) is 26.2. The van der Waals surface area contributed by atoms with Crippen LogP contribution in [0.5, 0.6) is 17.2 Å². The lowest BCUT2D eigenvalue weighted by Crippen LogP contribution is -2.38. The van der Waals surface area contributed by atoms with Crippen molar-refractivity contribution >= 4 is 44.4 Å². The minimum Gasteiger partial charge on any atom is -0.491 e. The van der Waals surface area contributed by atoms with Crippen molar-refractivity contribution < 1.29 is 46.5 Å². The van der Waals surface area contributed by atoms with Gasteiger partial charge in [0.15, 0.2) is 11.5 Å². The van der Waals surface area contributed by atoms with E-state index in [1.165, 1.54) is 28.6 Å². The highest BCUT2D eigenvalue weighted by molar-refractivity contribution is 7.89. The van der Waals surface area contributed by atoms with Gasteiger partial charge >= 0.3 is 5.97 Å². The van der Waals surface area contributed by atoms with Crippen LogP contribution in [0.1, 0.15) is 103 Å². The van der Waals surface area contributed by atoms with Gasteiger partial charge in [0.2, 0.25) is 15.5 Å². The van der Waals surface area contributed by atoms with Crippen molar-refractivity contribution in [1.29, 1.82) is 0 Å². The topological polar surface area (TPSA) is 181 Å². The number of para-hydroxylation sites is 1. The number of rotatable bonds is 21. The molecule has 2 heterocycles. The molecule has 1 aliphatic heterocycles. The first-order chi connectivity index (χ1) is 37.3. The molecule has 78 heavy (non-hydrogen) atoms. The number of ether oxygens (including phenoxy) is 5. The summed E-state index contributed by atoms with van der Waals surface area (Å²) in [5, 5.41) is 6.04. The number of benzene rings is 6. The van der Waals surface area contributed by atoms with Gasteiger partial charge in [0, 0.05) is 48.5 Å². The second-order valence-electron chi connectivity index (χ2n) is 21.2. The normalized spacial score (nSPS) is 13.4. The summed E-state index contributed by atoms with van der Waals surface area (Å²) in [5.41, 5.74) is 3.84. The first kappa shape index (κ1) is 56.4. The predicted molar refractivity (Wildman–Crippen MR) is 301 cm³/mol. The van der Waals surface area contributed by atoms with Crippen LogP contribution in [0.2, 0.25) is 0 Å². The number of pyridine rings is 1. The lowest BCUT2D eigenvalue weighted by Gasteiger charge is -2.31. The molecule has 0 unspecified atom stereocenters. The highest BCUT2D eigenvalue weighted by Crippen LogP contribution is 2.40. The third kappa shape index (κ3) is 14.8. The number of carbonyl (C=O) groups is 3. The molecule has 0 saturated carbocycles. The molecule has 15 nitrogen and oxygen atoms in total. The van der Waals surface area contributed by atoms with Crippen LogP contribution in [0.4, 0.5) is 5.69 Å². The Balaban J connectivity index is 0.835. The number of hydrogen-bond donors (Lipinski definition) is 2. The molecular formula is C62H68N4O11S. The molecule has 1 aliphatic rings. The quantitative estimate of drug-likeness (QED) is 0.0516. The van der Waals surface area contributed by atoms with E-state index in [1.807, 2.05) is 128 Å². The smallest absolute Gasteiger partial charge is 0.325 e. The van der Waals surface area contributed by atoms with Gasteiger partial charge in [0.05, 0.1) is 23.6 Å². The largest absolute Gasteiger partial charge is 0.491 e. The molecule has 16 heteroatoms. The Bertz CT molecular complexity index is 3360. The second-order valence-corrected chi connectivity index (χ2v) is 23.1. The number of piperidine rings is 1. The van der Waals surface area contributed by atoms with E-state index in [4.69, 9.17) is 23.7 Å². The number of nitrogens with one attached hydrogen (secondary N) is 2. The van der Waals surface area contributed by atoms with Crippen LogP contribution in [-0.4, -0.2) is 86.7 Å². The maximum absolute atomic E-state index is 14.3. The van der Waals surface area contributed by atoms with Crippen molar-refractivity contribution in [3.8, 4) is 17.2 Å². The first-order valence-corrected chi connectivity index (χ1v) is 27.6. The zero-order valence-electron chi connectivity index (χ0n) is 45.1. The Kier molecular flexibility index (Phi) is 18.2. The highest BCUT2D eigenvalue weighted by Gasteiger charge is 2.31. The van der Waals surface area contributed by atoms with E-state index >= 15 is 0 Å². The highest BCUT2D eigenvalue weighted by atomic mass is 32.2. The third-order valence-corrected chi connectivity index (χ3v) is 15.1. The molecule has 0 bridgehead atoms. The fourth-order valence-electron chi connectivity index (χ4n) is 9.21. The van der Waals surface area contributed by atoms with Gasteiger partial charge in [-0.2, -0.15) is 4.31 Å². The molecule has 0 radical (unpaired) electrons. The maximum Gasteiger partial charge on any atom is 0.325 e. The van der Waals surface area contributed by atoms with Gasteiger partial charge in [-0.05, 0) is 122 Å². The number of fused-ring (bicyclic) bond motifs is 1. The second kappa shape index (κ2) is 25.1. The SMILES string of the molecule is CC(C)(C)OC(=O)CNC(=O)c1ccc(S(=O)(=O)N2CCC(c3ccc(OCCOCCOc4cc(C(C)(C)C)c(NC(=O)c5cn(Cc6ccccc6)c6ccccc6c5=O)cc4OCc4ccccc4)cc3)CC2)cc1. The van der Waals surface area contributed by atoms with Gasteiger partial charge in [0.25, 0.3) is 11.8 Å². The molecule has 8 rings (SSSR count). The number of amides is 2. The molecule has 2 amide bonds. The molecule has 0 aliphatic carbocycles. The molecule has 2 N–H and O–H groups in total. The minimum atomic E-state index is -3.78. The van der Waals surface area contributed by atoms with E-state index in [0.29, 0.717) is 74.0 Å². The zero-order valence-corrected chi connectivity index (χ0v) is 45.9. The number of hydrogen-bond acceptors (Lipinski definition) is 11. The summed E-state index contributed by atoms with van der Waals surface area (Å²) in [7, 11) is -3.78. The summed E-state index contributed by atoms with van der Waals surface area (Å²) in [6, 6.07) is 44.1. The Labute approximate surface area is 456 Å². The van der Waals surface area contributed by atoms with Gasteiger partial charge in [0.1, 0.15) is 43.3 Å². The number of nitrogens with zero attached hydrogens (tertiary/aromatic N) is 2. The van der Waals surface area contributed by atoms with Crippen molar-refractivity contribution in [2.24, 2.45) is 0 Å². The van der Waals surface area contributed by atoms with Crippen LogP contribution in [0, 0.1) is 0 Å². The predicted octanol–water partition coefficient (Wildman–Crippen LogP) is 10.3. The van der Waals surface area contributed by atoms with Gasteiger partial charge < -0.3 is 38.9 Å². The summed E-state index contributed by atoms with van der Waals surface area (Å²) < 4.78 is 60.4. The van der Waals surface area contributed by atoms with Crippen LogP contribution in [0.3, 0.4) is 0 Å². The van der Waals surface area contributed by atoms with E-state index < -0.39 is 38.8 Å². The summed E-state index contributed by atoms with van der Waals surface area (Å²) in [6.07, 6.45) is 2.92. The van der Waals surface area contributed by atoms with E-state index in [2.05, 4.69) is 10.6 Å². The Morgan fingerprint density at radius 3 is 1.94 bits per heavy atom. The molecule has 6 aromatic carbocycles. The average Bonchev–Trinajstić information content (AvgIpc) is 3.43. The van der Waals surface area contributed by atoms with Crippen LogP contribution in [0.15, 0.2) is 161 Å². The van der Waals surface area contributed by atoms with Gasteiger partial charge in [-0.25, -0.2) is 8.42 Å². The van der Waals surface area contributed by atoms with E-state index in [0.717, 1.165) is 27.8 Å². The lowest BCUT2D eigenvalue weighted by molar-refractivity contribution is -0.153. The van der Waals surface area contributed by atoms with E-state index in [-0.39, 0.29) is 53.7 Å². The van der Waals surface area contributed by atoms with Crippen molar-refractivity contribution in [2.75, 3.05) is 51.4 Å². The summed E-state index contributed by atoms with van der Waals surface area (Å²) in [6.45, 7) is 13.5. The Hall–Kier alpha value is -7.79. The fourth-order valence-corrected chi connectivity index (χ4v) is 10.7. The molecule has 1 fully saturated rings. The zero-order chi connectivity index (χ0) is 55.5.